The zero-order valence-corrected chi connectivity index (χ0v) is 19.3. The molecule has 176 valence electrons. The molecule has 1 aromatic heterocycles. The third-order valence-electron chi connectivity index (χ3n) is 5.12. The summed E-state index contributed by atoms with van der Waals surface area (Å²) in [5.74, 6) is 0.209. The van der Waals surface area contributed by atoms with E-state index < -0.39 is 11.7 Å². The number of nitriles is 1. The zero-order valence-electron chi connectivity index (χ0n) is 18.5. The molecule has 0 aliphatic heterocycles. The van der Waals surface area contributed by atoms with E-state index in [1.54, 1.807) is 6.92 Å². The Kier molecular flexibility index (Phi) is 7.74. The van der Waals surface area contributed by atoms with Gasteiger partial charge in [-0.15, -0.1) is 10.2 Å². The van der Waals surface area contributed by atoms with Crippen molar-refractivity contribution in [2.24, 2.45) is 10.2 Å². The van der Waals surface area contributed by atoms with E-state index in [-0.39, 0.29) is 33.6 Å². The number of nitrogens with zero attached hydrogens (tertiary/aromatic N) is 4. The highest BCUT2D eigenvalue weighted by Crippen LogP contribution is 2.38. The molecule has 0 fully saturated rings. The van der Waals surface area contributed by atoms with E-state index in [1.165, 1.54) is 5.56 Å². The van der Waals surface area contributed by atoms with Crippen molar-refractivity contribution in [2.45, 2.75) is 39.3 Å². The Bertz CT molecular complexity index is 1250. The fourth-order valence-electron chi connectivity index (χ4n) is 3.21. The molecule has 0 amide bonds. The normalized spacial score (nSPS) is 11.6. The first-order valence-corrected chi connectivity index (χ1v) is 10.9. The number of azo groups is 1. The number of nitrogens with one attached hydrogen (secondary N) is 1. The Hall–Kier alpha value is -3.64. The molecule has 0 atom stereocenters. The number of rotatable bonds is 7. The van der Waals surface area contributed by atoms with Crippen LogP contribution in [0.15, 0.2) is 52.7 Å². The summed E-state index contributed by atoms with van der Waals surface area (Å²) in [7, 11) is 0. The van der Waals surface area contributed by atoms with Crippen LogP contribution >= 0.6 is 11.6 Å². The van der Waals surface area contributed by atoms with Crippen LogP contribution in [0, 0.1) is 18.3 Å². The van der Waals surface area contributed by atoms with Crippen molar-refractivity contribution in [3.63, 3.8) is 0 Å². The third-order valence-corrected chi connectivity index (χ3v) is 5.44. The van der Waals surface area contributed by atoms with Gasteiger partial charge in [0.25, 0.3) is 0 Å². The fraction of sp³-hybridized carbons (Fsp3) is 0.250. The number of halogens is 4. The average Bonchev–Trinajstić information content (AvgIpc) is 2.79. The number of alkyl halides is 3. The molecular formula is C24H22ClF3N6. The average molecular weight is 487 g/mol. The number of benzene rings is 2. The predicted octanol–water partition coefficient (Wildman–Crippen LogP) is 8.02. The lowest BCUT2D eigenvalue weighted by Crippen LogP contribution is -2.04. The predicted molar refractivity (Wildman–Crippen MR) is 127 cm³/mol. The summed E-state index contributed by atoms with van der Waals surface area (Å²) in [6.07, 6.45) is -1.36. The molecule has 0 unspecified atom stereocenters. The van der Waals surface area contributed by atoms with Gasteiger partial charge in [-0.05, 0) is 55.7 Å². The van der Waals surface area contributed by atoms with Crippen molar-refractivity contribution in [1.29, 1.82) is 5.26 Å². The van der Waals surface area contributed by atoms with Crippen molar-refractivity contribution in [3.05, 3.63) is 69.7 Å². The lowest BCUT2D eigenvalue weighted by molar-refractivity contribution is -0.137. The third kappa shape index (κ3) is 5.83. The Balaban J connectivity index is 1.91. The summed E-state index contributed by atoms with van der Waals surface area (Å²) < 4.78 is 39.0. The maximum Gasteiger partial charge on any atom is 0.416 e. The molecular weight excluding hydrogens is 465 g/mol. The first-order chi connectivity index (χ1) is 16.1. The minimum atomic E-state index is -4.55. The number of nitrogen functional groups attached to an aromatic ring is 1. The van der Waals surface area contributed by atoms with E-state index in [2.05, 4.69) is 33.5 Å². The fourth-order valence-corrected chi connectivity index (χ4v) is 3.37. The van der Waals surface area contributed by atoms with Gasteiger partial charge >= 0.3 is 6.18 Å². The molecule has 0 spiro atoms. The Morgan fingerprint density at radius 3 is 2.47 bits per heavy atom. The lowest BCUT2D eigenvalue weighted by Gasteiger charge is -2.13. The molecule has 3 N–H and O–H groups in total. The van der Waals surface area contributed by atoms with Crippen LogP contribution in [0.2, 0.25) is 5.02 Å². The number of pyridine rings is 1. The number of nitrogens with two attached hydrogens (primary N) is 1. The standard InChI is InChI=1S/C24H22ClF3N6/c1-3-4-5-15-6-9-17(10-7-15)31-23-18(13-29)14(2)21(22(30)32-23)34-33-20-12-16(24(26,27)28)8-11-19(20)25/h6-12H,3-5H2,1-2H3,(H3,30,31,32)/b34-33+. The van der Waals surface area contributed by atoms with E-state index in [0.29, 0.717) is 5.56 Å². The number of unbranched alkanes of at least 4 members (excludes halogenated alkanes) is 1. The first-order valence-electron chi connectivity index (χ1n) is 10.5. The largest absolute Gasteiger partial charge is 0.416 e. The summed E-state index contributed by atoms with van der Waals surface area (Å²) in [6.45, 7) is 3.74. The minimum Gasteiger partial charge on any atom is -0.382 e. The number of hydrogen-bond donors (Lipinski definition) is 2. The van der Waals surface area contributed by atoms with Gasteiger partial charge in [0.1, 0.15) is 17.4 Å². The van der Waals surface area contributed by atoms with Crippen LogP contribution in [-0.2, 0) is 12.6 Å². The van der Waals surface area contributed by atoms with Crippen LogP contribution in [0.4, 0.5) is 41.9 Å². The van der Waals surface area contributed by atoms with Crippen LogP contribution in [0.5, 0.6) is 0 Å². The maximum absolute atomic E-state index is 13.0. The van der Waals surface area contributed by atoms with Crippen LogP contribution in [0.1, 0.15) is 42.0 Å². The summed E-state index contributed by atoms with van der Waals surface area (Å²) >= 11 is 5.97. The molecule has 34 heavy (non-hydrogen) atoms. The quantitative estimate of drug-likeness (QED) is 0.330. The van der Waals surface area contributed by atoms with Gasteiger partial charge in [-0.25, -0.2) is 4.98 Å². The van der Waals surface area contributed by atoms with Gasteiger partial charge in [0.15, 0.2) is 11.6 Å². The van der Waals surface area contributed by atoms with Crippen LogP contribution < -0.4 is 11.1 Å². The Morgan fingerprint density at radius 1 is 1.15 bits per heavy atom. The molecule has 3 rings (SSSR count). The van der Waals surface area contributed by atoms with Crippen LogP contribution in [0.3, 0.4) is 0 Å². The molecule has 0 saturated heterocycles. The van der Waals surface area contributed by atoms with E-state index >= 15 is 0 Å². The number of aromatic nitrogens is 1. The Morgan fingerprint density at radius 2 is 1.85 bits per heavy atom. The highest BCUT2D eigenvalue weighted by atomic mass is 35.5. The number of anilines is 3. The van der Waals surface area contributed by atoms with E-state index in [9.17, 15) is 18.4 Å². The van der Waals surface area contributed by atoms with Crippen molar-refractivity contribution >= 4 is 40.3 Å². The van der Waals surface area contributed by atoms with Gasteiger partial charge < -0.3 is 11.1 Å². The molecule has 6 nitrogen and oxygen atoms in total. The van der Waals surface area contributed by atoms with Crippen LogP contribution in [0.25, 0.3) is 0 Å². The maximum atomic E-state index is 13.0. The molecule has 0 radical (unpaired) electrons. The lowest BCUT2D eigenvalue weighted by atomic mass is 10.1. The van der Waals surface area contributed by atoms with Gasteiger partial charge in [-0.3, -0.25) is 0 Å². The molecule has 0 saturated carbocycles. The molecule has 0 bridgehead atoms. The van der Waals surface area contributed by atoms with E-state index in [1.807, 2.05) is 24.3 Å². The summed E-state index contributed by atoms with van der Waals surface area (Å²) in [6, 6.07) is 12.6. The Labute approximate surface area is 200 Å². The minimum absolute atomic E-state index is 0.0119. The van der Waals surface area contributed by atoms with Gasteiger partial charge in [0.05, 0.1) is 16.1 Å². The second kappa shape index (κ2) is 10.5. The highest BCUT2D eigenvalue weighted by Gasteiger charge is 2.31. The highest BCUT2D eigenvalue weighted by molar-refractivity contribution is 6.33. The monoisotopic (exact) mass is 486 g/mol. The van der Waals surface area contributed by atoms with E-state index in [0.717, 1.165) is 43.1 Å². The molecule has 1 heterocycles. The van der Waals surface area contributed by atoms with Gasteiger partial charge in [0, 0.05) is 11.3 Å². The summed E-state index contributed by atoms with van der Waals surface area (Å²) in [5, 5.41) is 20.6. The van der Waals surface area contributed by atoms with Gasteiger partial charge in [-0.2, -0.15) is 18.4 Å². The molecule has 0 aliphatic rings. The second-order valence-electron chi connectivity index (χ2n) is 7.60. The molecule has 2 aromatic carbocycles. The van der Waals surface area contributed by atoms with Gasteiger partial charge in [-0.1, -0.05) is 37.1 Å². The number of aryl methyl sites for hydroxylation is 1. The summed E-state index contributed by atoms with van der Waals surface area (Å²) in [4.78, 5) is 4.24. The summed E-state index contributed by atoms with van der Waals surface area (Å²) in [5.41, 5.74) is 7.54. The molecule has 10 heteroatoms. The van der Waals surface area contributed by atoms with Gasteiger partial charge in [0.2, 0.25) is 0 Å². The van der Waals surface area contributed by atoms with Crippen molar-refractivity contribution in [2.75, 3.05) is 11.1 Å². The van der Waals surface area contributed by atoms with Crippen molar-refractivity contribution < 1.29 is 13.2 Å². The smallest absolute Gasteiger partial charge is 0.382 e. The number of hydrogen-bond acceptors (Lipinski definition) is 6. The zero-order chi connectivity index (χ0) is 24.9. The van der Waals surface area contributed by atoms with Crippen molar-refractivity contribution in [3.8, 4) is 6.07 Å². The molecule has 0 aliphatic carbocycles. The van der Waals surface area contributed by atoms with E-state index in [4.69, 9.17) is 17.3 Å². The second-order valence-corrected chi connectivity index (χ2v) is 8.00. The van der Waals surface area contributed by atoms with Crippen molar-refractivity contribution in [1.82, 2.24) is 4.98 Å². The SMILES string of the molecule is CCCCc1ccc(Nc2nc(N)c(/N=N/c3cc(C(F)(F)F)ccc3Cl)c(C)c2C#N)cc1. The molecule has 3 aromatic rings. The topological polar surface area (TPSA) is 99.4 Å². The van der Waals surface area contributed by atoms with Crippen LogP contribution in [-0.4, -0.2) is 4.98 Å². The first kappa shape index (κ1) is 25.0.